The van der Waals surface area contributed by atoms with E-state index in [1.165, 1.54) is 0 Å². The maximum Gasteiger partial charge on any atom is 0.238 e. The molecule has 1 saturated heterocycles. The van der Waals surface area contributed by atoms with E-state index in [2.05, 4.69) is 5.32 Å². The van der Waals surface area contributed by atoms with Gasteiger partial charge in [-0.3, -0.25) is 9.69 Å². The van der Waals surface area contributed by atoms with Gasteiger partial charge in [0.25, 0.3) is 0 Å². The average molecular weight is 250 g/mol. The Morgan fingerprint density at radius 3 is 2.39 bits per heavy atom. The molecule has 0 aliphatic carbocycles. The van der Waals surface area contributed by atoms with Crippen LogP contribution >= 0.6 is 0 Å². The van der Waals surface area contributed by atoms with Gasteiger partial charge in [-0.2, -0.15) is 0 Å². The topological polar surface area (TPSA) is 72.8 Å². The molecule has 3 N–H and O–H groups in total. The number of aliphatic hydroxyl groups is 2. The lowest BCUT2D eigenvalue weighted by molar-refractivity contribution is -0.117. The Morgan fingerprint density at radius 2 is 1.83 bits per heavy atom. The van der Waals surface area contributed by atoms with Gasteiger partial charge in [0.1, 0.15) is 0 Å². The Labute approximate surface area is 106 Å². The zero-order valence-corrected chi connectivity index (χ0v) is 10.3. The van der Waals surface area contributed by atoms with Gasteiger partial charge in [-0.05, 0) is 19.1 Å². The van der Waals surface area contributed by atoms with Gasteiger partial charge in [0.15, 0.2) is 0 Å². The predicted octanol–water partition coefficient (Wildman–Crippen LogP) is -0.0291. The maximum atomic E-state index is 11.8. The number of aliphatic hydroxyl groups excluding tert-OH is 2. The van der Waals surface area contributed by atoms with E-state index in [-0.39, 0.29) is 12.5 Å². The van der Waals surface area contributed by atoms with Crippen molar-refractivity contribution < 1.29 is 15.0 Å². The third-order valence-corrected chi connectivity index (χ3v) is 3.04. The summed E-state index contributed by atoms with van der Waals surface area (Å²) < 4.78 is 0. The molecule has 1 aliphatic rings. The molecule has 1 fully saturated rings. The number of rotatable bonds is 3. The van der Waals surface area contributed by atoms with Gasteiger partial charge >= 0.3 is 0 Å². The minimum atomic E-state index is -0.753. The highest BCUT2D eigenvalue weighted by molar-refractivity contribution is 5.92. The number of anilines is 1. The Balaban J connectivity index is 1.84. The molecule has 0 saturated carbocycles. The number of nitrogens with zero attached hydrogens (tertiary/aromatic N) is 1. The summed E-state index contributed by atoms with van der Waals surface area (Å²) in [5.41, 5.74) is 1.89. The second kappa shape index (κ2) is 5.48. The van der Waals surface area contributed by atoms with Gasteiger partial charge in [-0.1, -0.05) is 17.7 Å². The van der Waals surface area contributed by atoms with E-state index in [1.807, 2.05) is 31.2 Å². The number of carbonyl (C=O) groups is 1. The van der Waals surface area contributed by atoms with E-state index in [0.29, 0.717) is 13.1 Å². The smallest absolute Gasteiger partial charge is 0.238 e. The third kappa shape index (κ3) is 3.29. The molecule has 0 bridgehead atoms. The fraction of sp³-hybridized carbons (Fsp3) is 0.462. The van der Waals surface area contributed by atoms with Crippen molar-refractivity contribution in [3.05, 3.63) is 29.8 Å². The van der Waals surface area contributed by atoms with Crippen LogP contribution in [-0.4, -0.2) is 52.9 Å². The lowest BCUT2D eigenvalue weighted by Crippen LogP contribution is -2.32. The van der Waals surface area contributed by atoms with Crippen LogP contribution in [0.25, 0.3) is 0 Å². The van der Waals surface area contributed by atoms with Gasteiger partial charge < -0.3 is 15.5 Å². The molecule has 0 aromatic heterocycles. The van der Waals surface area contributed by atoms with Crippen molar-refractivity contribution in [2.24, 2.45) is 0 Å². The van der Waals surface area contributed by atoms with Crippen molar-refractivity contribution in [2.75, 3.05) is 25.0 Å². The molecule has 5 heteroatoms. The second-order valence-corrected chi connectivity index (χ2v) is 4.74. The number of carbonyl (C=O) groups excluding carboxylic acids is 1. The molecular formula is C13H18N2O3. The summed E-state index contributed by atoms with van der Waals surface area (Å²) in [7, 11) is 0. The number of hydrogen-bond donors (Lipinski definition) is 3. The monoisotopic (exact) mass is 250 g/mol. The van der Waals surface area contributed by atoms with E-state index in [0.717, 1.165) is 11.3 Å². The summed E-state index contributed by atoms with van der Waals surface area (Å²) in [6, 6.07) is 7.56. The number of aryl methyl sites for hydroxylation is 1. The van der Waals surface area contributed by atoms with Crippen LogP contribution in [0.5, 0.6) is 0 Å². The molecule has 1 aromatic rings. The van der Waals surface area contributed by atoms with Crippen LogP contribution in [-0.2, 0) is 4.79 Å². The first-order valence-corrected chi connectivity index (χ1v) is 5.99. The highest BCUT2D eigenvalue weighted by Gasteiger charge is 2.30. The van der Waals surface area contributed by atoms with E-state index < -0.39 is 12.2 Å². The SMILES string of the molecule is Cc1ccc(NC(=O)CN2C[C@@H](O)[C@@H](O)C2)cc1. The van der Waals surface area contributed by atoms with Crippen LogP contribution in [0, 0.1) is 6.92 Å². The highest BCUT2D eigenvalue weighted by atomic mass is 16.3. The van der Waals surface area contributed by atoms with Gasteiger partial charge in [-0.15, -0.1) is 0 Å². The van der Waals surface area contributed by atoms with Crippen molar-refractivity contribution in [1.82, 2.24) is 4.90 Å². The van der Waals surface area contributed by atoms with Crippen LogP contribution in [0.2, 0.25) is 0 Å². The van der Waals surface area contributed by atoms with Crippen LogP contribution < -0.4 is 5.32 Å². The summed E-state index contributed by atoms with van der Waals surface area (Å²) in [6.07, 6.45) is -1.51. The Hall–Kier alpha value is -1.43. The number of likely N-dealkylation sites (tertiary alicyclic amines) is 1. The van der Waals surface area contributed by atoms with Crippen LogP contribution in [0.1, 0.15) is 5.56 Å². The van der Waals surface area contributed by atoms with Crippen molar-refractivity contribution >= 4 is 11.6 Å². The first kappa shape index (κ1) is 13.0. The predicted molar refractivity (Wildman–Crippen MR) is 68.3 cm³/mol. The normalized spacial score (nSPS) is 24.2. The van der Waals surface area contributed by atoms with Crippen molar-refractivity contribution in [3.8, 4) is 0 Å². The molecule has 1 heterocycles. The molecule has 0 radical (unpaired) electrons. The zero-order valence-electron chi connectivity index (χ0n) is 10.3. The molecule has 1 aromatic carbocycles. The molecule has 2 rings (SSSR count). The molecule has 5 nitrogen and oxygen atoms in total. The second-order valence-electron chi connectivity index (χ2n) is 4.74. The summed E-state index contributed by atoms with van der Waals surface area (Å²) in [6.45, 7) is 2.84. The van der Waals surface area contributed by atoms with Gasteiger partial charge in [0.2, 0.25) is 5.91 Å². The lowest BCUT2D eigenvalue weighted by Gasteiger charge is -2.14. The number of β-amino-alcohol motifs (C(OH)–C–C–N with tert-alkyl or cyclic N) is 2. The van der Waals surface area contributed by atoms with Crippen LogP contribution in [0.15, 0.2) is 24.3 Å². The molecular weight excluding hydrogens is 232 g/mol. The van der Waals surface area contributed by atoms with E-state index in [1.54, 1.807) is 4.90 Å². The fourth-order valence-electron chi connectivity index (χ4n) is 2.02. The Morgan fingerprint density at radius 1 is 1.28 bits per heavy atom. The summed E-state index contributed by atoms with van der Waals surface area (Å²) in [4.78, 5) is 13.5. The molecule has 0 spiro atoms. The molecule has 18 heavy (non-hydrogen) atoms. The molecule has 1 amide bonds. The highest BCUT2D eigenvalue weighted by Crippen LogP contribution is 2.11. The molecule has 2 atom stereocenters. The van der Waals surface area contributed by atoms with E-state index in [9.17, 15) is 15.0 Å². The fourth-order valence-corrected chi connectivity index (χ4v) is 2.02. The molecule has 0 unspecified atom stereocenters. The number of nitrogens with one attached hydrogen (secondary N) is 1. The van der Waals surface area contributed by atoms with Crippen molar-refractivity contribution in [2.45, 2.75) is 19.1 Å². The van der Waals surface area contributed by atoms with Gasteiger partial charge in [0.05, 0.1) is 18.8 Å². The van der Waals surface area contributed by atoms with Crippen molar-refractivity contribution in [1.29, 1.82) is 0 Å². The first-order valence-electron chi connectivity index (χ1n) is 5.99. The minimum absolute atomic E-state index is 0.139. The van der Waals surface area contributed by atoms with Gasteiger partial charge in [-0.25, -0.2) is 0 Å². The van der Waals surface area contributed by atoms with Crippen molar-refractivity contribution in [3.63, 3.8) is 0 Å². The molecule has 1 aliphatic heterocycles. The molecule has 98 valence electrons. The third-order valence-electron chi connectivity index (χ3n) is 3.04. The number of amides is 1. The van der Waals surface area contributed by atoms with Gasteiger partial charge in [0, 0.05) is 18.8 Å². The quantitative estimate of drug-likeness (QED) is 0.704. The zero-order chi connectivity index (χ0) is 13.1. The Bertz CT molecular complexity index is 409. The first-order chi connectivity index (χ1) is 8.54. The van der Waals surface area contributed by atoms with Crippen LogP contribution in [0.4, 0.5) is 5.69 Å². The summed E-state index contributed by atoms with van der Waals surface area (Å²) in [5.74, 6) is -0.139. The average Bonchev–Trinajstić information content (AvgIpc) is 2.61. The Kier molecular flexibility index (Phi) is 3.96. The minimum Gasteiger partial charge on any atom is -0.389 e. The maximum absolute atomic E-state index is 11.8. The van der Waals surface area contributed by atoms with E-state index in [4.69, 9.17) is 0 Å². The standard InChI is InChI=1S/C13H18N2O3/c1-9-2-4-10(5-3-9)14-13(18)8-15-6-11(16)12(17)7-15/h2-5,11-12,16-17H,6-8H2,1H3,(H,14,18)/t11-,12+. The summed E-state index contributed by atoms with van der Waals surface area (Å²) in [5, 5.41) is 21.5. The number of benzene rings is 1. The van der Waals surface area contributed by atoms with Crippen LogP contribution in [0.3, 0.4) is 0 Å². The lowest BCUT2D eigenvalue weighted by atomic mass is 10.2. The summed E-state index contributed by atoms with van der Waals surface area (Å²) >= 11 is 0. The largest absolute Gasteiger partial charge is 0.389 e. The van der Waals surface area contributed by atoms with E-state index >= 15 is 0 Å². The number of hydrogen-bond acceptors (Lipinski definition) is 4.